The van der Waals surface area contributed by atoms with Gasteiger partial charge < -0.3 is 15.3 Å². The van der Waals surface area contributed by atoms with Gasteiger partial charge in [-0.25, -0.2) is 0 Å². The number of allylic oxidation sites excluding steroid dienone is 2. The summed E-state index contributed by atoms with van der Waals surface area (Å²) in [5.41, 5.74) is 0.825. The van der Waals surface area contributed by atoms with Crippen molar-refractivity contribution in [3.8, 4) is 0 Å². The van der Waals surface area contributed by atoms with Gasteiger partial charge in [0.1, 0.15) is 0 Å². The Balaban J connectivity index is 1.62. The number of hydrogen-bond acceptors (Lipinski definition) is 3. The van der Waals surface area contributed by atoms with Gasteiger partial charge in [0.05, 0.1) is 11.5 Å². The van der Waals surface area contributed by atoms with Gasteiger partial charge in [0.15, 0.2) is 0 Å². The van der Waals surface area contributed by atoms with Crippen molar-refractivity contribution in [3.63, 3.8) is 0 Å². The van der Waals surface area contributed by atoms with E-state index in [1.165, 1.54) is 5.57 Å². The fraction of sp³-hybridized carbons (Fsp3) is 0.903. The van der Waals surface area contributed by atoms with Crippen LogP contribution in [0.15, 0.2) is 11.6 Å². The Morgan fingerprint density at radius 3 is 2.31 bits per heavy atom. The van der Waals surface area contributed by atoms with E-state index in [2.05, 4.69) is 54.5 Å². The lowest BCUT2D eigenvalue weighted by Gasteiger charge is -2.72. The normalized spacial score (nSPS) is 55.0. The highest BCUT2D eigenvalue weighted by Gasteiger charge is 2.70. The first kappa shape index (κ1) is 25.8. The van der Waals surface area contributed by atoms with Gasteiger partial charge in [-0.05, 0) is 103 Å². The summed E-state index contributed by atoms with van der Waals surface area (Å²) in [5.74, 6) is 1.36. The zero-order valence-electron chi connectivity index (χ0n) is 23.2. The molecule has 4 fully saturated rings. The van der Waals surface area contributed by atoms with Crippen molar-refractivity contribution >= 4 is 5.97 Å². The van der Waals surface area contributed by atoms with Gasteiger partial charge in [-0.1, -0.05) is 60.1 Å². The van der Waals surface area contributed by atoms with Gasteiger partial charge in [0, 0.05) is 12.5 Å². The molecule has 0 bridgehead atoms. The van der Waals surface area contributed by atoms with E-state index in [4.69, 9.17) is 0 Å². The summed E-state index contributed by atoms with van der Waals surface area (Å²) in [6, 6.07) is 0. The first-order chi connectivity index (χ1) is 16.2. The zero-order chi connectivity index (χ0) is 25.8. The van der Waals surface area contributed by atoms with Crippen LogP contribution in [0.4, 0.5) is 0 Å². The van der Waals surface area contributed by atoms with E-state index in [1.807, 2.05) is 0 Å². The van der Waals surface area contributed by atoms with Crippen LogP contribution in [0.2, 0.25) is 0 Å². The van der Waals surface area contributed by atoms with Gasteiger partial charge >= 0.3 is 5.97 Å². The molecule has 4 saturated carbocycles. The first-order valence-electron chi connectivity index (χ1n) is 14.4. The minimum absolute atomic E-state index is 0.00769. The number of carboxylic acid groups (broad SMARTS) is 1. The Labute approximate surface area is 213 Å². The summed E-state index contributed by atoms with van der Waals surface area (Å²) in [6.07, 6.45) is 9.79. The van der Waals surface area contributed by atoms with Crippen LogP contribution in [0.3, 0.4) is 0 Å². The molecule has 4 heteroatoms. The van der Waals surface area contributed by atoms with Gasteiger partial charge in [-0.15, -0.1) is 0 Å². The number of rotatable bonds is 2. The van der Waals surface area contributed by atoms with Crippen LogP contribution in [0.1, 0.15) is 99.8 Å². The molecular formula is C31H50O4. The maximum atomic E-state index is 12.8. The van der Waals surface area contributed by atoms with E-state index in [9.17, 15) is 20.1 Å². The predicted octanol–water partition coefficient (Wildman–Crippen LogP) is 6.31. The number of hydrogen-bond donors (Lipinski definition) is 3. The minimum atomic E-state index is -0.597. The van der Waals surface area contributed by atoms with Crippen LogP contribution in [0.25, 0.3) is 0 Å². The summed E-state index contributed by atoms with van der Waals surface area (Å²) < 4.78 is 0. The second kappa shape index (κ2) is 7.82. The number of aliphatic hydroxyl groups excluding tert-OH is 2. The Morgan fingerprint density at radius 2 is 1.69 bits per heavy atom. The third-order valence-corrected chi connectivity index (χ3v) is 13.7. The predicted molar refractivity (Wildman–Crippen MR) is 139 cm³/mol. The summed E-state index contributed by atoms with van der Waals surface area (Å²) >= 11 is 0. The van der Waals surface area contributed by atoms with E-state index >= 15 is 0 Å². The highest BCUT2D eigenvalue weighted by molar-refractivity contribution is 5.76. The molecule has 0 aliphatic heterocycles. The number of aliphatic hydroxyl groups is 2. The summed E-state index contributed by atoms with van der Waals surface area (Å²) in [6.45, 7) is 16.6. The fourth-order valence-electron chi connectivity index (χ4n) is 11.4. The SMILES string of the molecule is C[C@@H]1CC[C@]2(C(=O)O)CC[C@]3(C)C(=CCC4[C@@]5(C)C[C@H](CO)[C@H](O)C(C)(C)C5CC[C@]43C)C2[C@H]1C. The molecular weight excluding hydrogens is 436 g/mol. The van der Waals surface area contributed by atoms with Crippen molar-refractivity contribution in [2.24, 2.45) is 62.6 Å². The lowest BCUT2D eigenvalue weighted by molar-refractivity contribution is -0.224. The Morgan fingerprint density at radius 1 is 1.00 bits per heavy atom. The number of carboxylic acids is 1. The molecule has 0 heterocycles. The molecule has 0 aromatic rings. The van der Waals surface area contributed by atoms with E-state index in [-0.39, 0.29) is 40.1 Å². The number of aliphatic carboxylic acids is 1. The maximum Gasteiger partial charge on any atom is 0.310 e. The fourth-order valence-corrected chi connectivity index (χ4v) is 11.4. The summed E-state index contributed by atoms with van der Waals surface area (Å²) in [5, 5.41) is 32.0. The van der Waals surface area contributed by atoms with Crippen LogP contribution in [0, 0.1) is 62.6 Å². The van der Waals surface area contributed by atoms with Crippen molar-refractivity contribution in [2.75, 3.05) is 6.61 Å². The summed E-state index contributed by atoms with van der Waals surface area (Å²) in [4.78, 5) is 12.8. The van der Waals surface area contributed by atoms with Crippen LogP contribution >= 0.6 is 0 Å². The van der Waals surface area contributed by atoms with Gasteiger partial charge in [0.25, 0.3) is 0 Å². The topological polar surface area (TPSA) is 77.8 Å². The molecule has 3 N–H and O–H groups in total. The lowest BCUT2D eigenvalue weighted by Crippen LogP contribution is -2.66. The van der Waals surface area contributed by atoms with Crippen LogP contribution in [0.5, 0.6) is 0 Å². The molecule has 0 amide bonds. The maximum absolute atomic E-state index is 12.8. The van der Waals surface area contributed by atoms with Crippen molar-refractivity contribution in [2.45, 2.75) is 106 Å². The average Bonchev–Trinajstić information content (AvgIpc) is 2.79. The molecule has 0 radical (unpaired) electrons. The zero-order valence-corrected chi connectivity index (χ0v) is 23.2. The third kappa shape index (κ3) is 3.02. The molecule has 4 nitrogen and oxygen atoms in total. The Hall–Kier alpha value is -0.870. The van der Waals surface area contributed by atoms with E-state index in [0.717, 1.165) is 51.4 Å². The molecule has 0 aromatic heterocycles. The second-order valence-electron chi connectivity index (χ2n) is 15.0. The largest absolute Gasteiger partial charge is 0.481 e. The highest BCUT2D eigenvalue weighted by Crippen LogP contribution is 2.76. The Kier molecular flexibility index (Phi) is 5.76. The highest BCUT2D eigenvalue weighted by atomic mass is 16.4. The van der Waals surface area contributed by atoms with Gasteiger partial charge in [0.2, 0.25) is 0 Å². The first-order valence-corrected chi connectivity index (χ1v) is 14.4. The monoisotopic (exact) mass is 486 g/mol. The molecule has 3 unspecified atom stereocenters. The second-order valence-corrected chi connectivity index (χ2v) is 15.0. The Bertz CT molecular complexity index is 923. The standard InChI is InChI=1S/C31H50O4/c1-18-10-13-31(26(34)35)15-14-29(6)21(24(31)19(18)2)8-9-23-28(5)16-20(17-32)25(33)27(3,4)22(28)11-12-30(23,29)7/h8,18-20,22-25,32-33H,9-17H2,1-7H3,(H,34,35)/t18-,19+,20-,22?,23?,24?,25+,28+,29-,30-,31+/m1/s1. The van der Waals surface area contributed by atoms with E-state index in [1.54, 1.807) is 0 Å². The molecule has 0 saturated heterocycles. The van der Waals surface area contributed by atoms with E-state index < -0.39 is 17.5 Å². The lowest BCUT2D eigenvalue weighted by atomic mass is 9.33. The molecule has 11 atom stereocenters. The number of fused-ring (bicyclic) bond motifs is 7. The van der Waals surface area contributed by atoms with Crippen molar-refractivity contribution in [1.29, 1.82) is 0 Å². The quantitative estimate of drug-likeness (QED) is 0.400. The van der Waals surface area contributed by atoms with Crippen LogP contribution in [-0.4, -0.2) is 34.0 Å². The van der Waals surface area contributed by atoms with Gasteiger partial charge in [-0.2, -0.15) is 0 Å². The molecule has 5 aliphatic carbocycles. The average molecular weight is 487 g/mol. The summed E-state index contributed by atoms with van der Waals surface area (Å²) in [7, 11) is 0. The smallest absolute Gasteiger partial charge is 0.310 e. The minimum Gasteiger partial charge on any atom is -0.481 e. The van der Waals surface area contributed by atoms with Gasteiger partial charge in [-0.3, -0.25) is 4.79 Å². The molecule has 35 heavy (non-hydrogen) atoms. The number of carbonyl (C=O) groups is 1. The van der Waals surface area contributed by atoms with Crippen LogP contribution in [-0.2, 0) is 4.79 Å². The molecule has 5 rings (SSSR count). The van der Waals surface area contributed by atoms with E-state index in [0.29, 0.717) is 23.7 Å². The molecule has 0 aromatic carbocycles. The molecule has 0 spiro atoms. The van der Waals surface area contributed by atoms with Crippen molar-refractivity contribution in [3.05, 3.63) is 11.6 Å². The van der Waals surface area contributed by atoms with Crippen molar-refractivity contribution < 1.29 is 20.1 Å². The van der Waals surface area contributed by atoms with Crippen molar-refractivity contribution in [1.82, 2.24) is 0 Å². The van der Waals surface area contributed by atoms with Crippen LogP contribution < -0.4 is 0 Å². The third-order valence-electron chi connectivity index (χ3n) is 13.7. The molecule has 5 aliphatic rings. The molecule has 198 valence electrons.